The van der Waals surface area contributed by atoms with Gasteiger partial charge in [-0.2, -0.15) is 0 Å². The maximum atomic E-state index is 2.32. The lowest BCUT2D eigenvalue weighted by Crippen LogP contribution is -2.10. The molecular weight excluding hydrogens is 295 g/mol. The minimum Gasteiger partial charge on any atom is -0.0622 e. The van der Waals surface area contributed by atoms with Crippen molar-refractivity contribution < 1.29 is 0 Å². The van der Waals surface area contributed by atoms with Crippen LogP contribution in [0.3, 0.4) is 0 Å². The highest BCUT2D eigenvalue weighted by Crippen LogP contribution is 2.28. The summed E-state index contributed by atoms with van der Waals surface area (Å²) in [5, 5.41) is 2.90. The summed E-state index contributed by atoms with van der Waals surface area (Å²) in [6.07, 6.45) is 0. The van der Waals surface area contributed by atoms with Crippen molar-refractivity contribution in [2.24, 2.45) is 0 Å². The van der Waals surface area contributed by atoms with Crippen LogP contribution in [0.25, 0.3) is 0 Å². The second-order valence-corrected chi connectivity index (χ2v) is 8.04. The molecule has 0 saturated heterocycles. The minimum absolute atomic E-state index is 0.196. The van der Waals surface area contributed by atoms with Crippen LogP contribution in [0.4, 0.5) is 0 Å². The summed E-state index contributed by atoms with van der Waals surface area (Å²) >= 11 is 0. The van der Waals surface area contributed by atoms with Crippen LogP contribution in [0.2, 0.25) is 0 Å². The van der Waals surface area contributed by atoms with E-state index in [9.17, 15) is 0 Å². The molecule has 3 rings (SSSR count). The molecule has 0 radical (unpaired) electrons. The normalized spacial score (nSPS) is 10.1. The molecule has 0 aliphatic rings. The van der Waals surface area contributed by atoms with Crippen molar-refractivity contribution in [3.63, 3.8) is 0 Å². The molecule has 1 heteroatoms. The molecule has 3 aromatic rings. The molecule has 0 spiro atoms. The van der Waals surface area contributed by atoms with Gasteiger partial charge >= 0.3 is 0 Å². The van der Waals surface area contributed by atoms with Gasteiger partial charge in [0, 0.05) is 0 Å². The lowest BCUT2D eigenvalue weighted by Gasteiger charge is -2.13. The van der Waals surface area contributed by atoms with E-state index in [2.05, 4.69) is 88.1 Å². The predicted octanol–water partition coefficient (Wildman–Crippen LogP) is 5.36. The Kier molecular flexibility index (Phi) is 6.56. The molecule has 0 amide bonds. The van der Waals surface area contributed by atoms with Crippen molar-refractivity contribution in [1.82, 2.24) is 0 Å². The fourth-order valence-electron chi connectivity index (χ4n) is 2.22. The van der Waals surface area contributed by atoms with Gasteiger partial charge in [-0.25, -0.2) is 0 Å². The smallest absolute Gasteiger partial charge is 0.0198 e. The van der Waals surface area contributed by atoms with Crippen LogP contribution in [0.5, 0.6) is 0 Å². The maximum absolute atomic E-state index is 2.32. The summed E-state index contributed by atoms with van der Waals surface area (Å²) in [5.41, 5.74) is 3.98. The summed E-state index contributed by atoms with van der Waals surface area (Å²) in [5.74, 6) is 0. The van der Waals surface area contributed by atoms with E-state index in [1.165, 1.54) is 27.3 Å². The van der Waals surface area contributed by atoms with E-state index in [1.54, 1.807) is 0 Å². The molecule has 0 saturated carbocycles. The third-order valence-electron chi connectivity index (χ3n) is 3.78. The van der Waals surface area contributed by atoms with E-state index in [0.717, 1.165) is 0 Å². The summed E-state index contributed by atoms with van der Waals surface area (Å²) in [7, 11) is -0.196. The van der Waals surface area contributed by atoms with E-state index < -0.39 is 0 Å². The summed E-state index contributed by atoms with van der Waals surface area (Å²) in [6, 6.07) is 28.1. The summed E-state index contributed by atoms with van der Waals surface area (Å²) < 4.78 is 0. The van der Waals surface area contributed by atoms with Gasteiger partial charge in [0.05, 0.1) is 0 Å². The SMILES string of the molecule is Cc1ccc(P(C)c2ccc(C)cc2)cc1.Cc1ccccc1. The molecule has 0 heterocycles. The number of hydrogen-bond donors (Lipinski definition) is 0. The molecule has 0 atom stereocenters. The molecule has 0 aromatic heterocycles. The van der Waals surface area contributed by atoms with Gasteiger partial charge in [-0.1, -0.05) is 95.6 Å². The Bertz CT molecular complexity index is 652. The molecule has 0 nitrogen and oxygen atoms in total. The van der Waals surface area contributed by atoms with Crippen molar-refractivity contribution in [3.8, 4) is 0 Å². The van der Waals surface area contributed by atoms with Crippen molar-refractivity contribution in [3.05, 3.63) is 95.6 Å². The minimum atomic E-state index is -0.196. The third kappa shape index (κ3) is 5.66. The highest BCUT2D eigenvalue weighted by Gasteiger charge is 2.06. The Hall–Kier alpha value is -1.91. The summed E-state index contributed by atoms with van der Waals surface area (Å²) in [6.45, 7) is 8.67. The fourth-order valence-corrected chi connectivity index (χ4v) is 3.71. The molecule has 3 aromatic carbocycles. The van der Waals surface area contributed by atoms with Crippen LogP contribution in [0.15, 0.2) is 78.9 Å². The highest BCUT2D eigenvalue weighted by molar-refractivity contribution is 7.72. The zero-order valence-corrected chi connectivity index (χ0v) is 15.3. The van der Waals surface area contributed by atoms with Crippen molar-refractivity contribution >= 4 is 18.5 Å². The Morgan fingerprint density at radius 3 is 1.13 bits per heavy atom. The number of rotatable bonds is 2. The van der Waals surface area contributed by atoms with E-state index in [-0.39, 0.29) is 7.92 Å². The van der Waals surface area contributed by atoms with Gasteiger partial charge in [0.25, 0.3) is 0 Å². The van der Waals surface area contributed by atoms with Gasteiger partial charge in [-0.3, -0.25) is 0 Å². The van der Waals surface area contributed by atoms with Crippen LogP contribution in [-0.2, 0) is 0 Å². The first-order valence-corrected chi connectivity index (χ1v) is 9.74. The maximum Gasteiger partial charge on any atom is -0.0198 e. The van der Waals surface area contributed by atoms with Gasteiger partial charge in [0.2, 0.25) is 0 Å². The second kappa shape index (κ2) is 8.65. The average molecular weight is 320 g/mol. The van der Waals surface area contributed by atoms with Crippen molar-refractivity contribution in [2.45, 2.75) is 20.8 Å². The molecule has 0 aliphatic carbocycles. The Labute approximate surface area is 142 Å². The van der Waals surface area contributed by atoms with E-state index in [1.807, 2.05) is 18.2 Å². The highest BCUT2D eigenvalue weighted by atomic mass is 31.1. The Morgan fingerprint density at radius 2 is 0.826 bits per heavy atom. The first kappa shape index (κ1) is 17.4. The van der Waals surface area contributed by atoms with Crippen molar-refractivity contribution in [1.29, 1.82) is 0 Å². The number of hydrogen-bond acceptors (Lipinski definition) is 0. The third-order valence-corrected chi connectivity index (χ3v) is 5.93. The number of benzene rings is 3. The average Bonchev–Trinajstić information content (AvgIpc) is 2.57. The first-order valence-electron chi connectivity index (χ1n) is 7.95. The van der Waals surface area contributed by atoms with Crippen LogP contribution < -0.4 is 10.6 Å². The van der Waals surface area contributed by atoms with Gasteiger partial charge in [-0.05, 0) is 46.0 Å². The Balaban J connectivity index is 0.000000229. The lowest BCUT2D eigenvalue weighted by atomic mass is 10.2. The molecule has 0 bridgehead atoms. The van der Waals surface area contributed by atoms with Crippen LogP contribution in [0, 0.1) is 20.8 Å². The lowest BCUT2D eigenvalue weighted by molar-refractivity contribution is 1.48. The zero-order chi connectivity index (χ0) is 16.7. The quantitative estimate of drug-likeness (QED) is 0.558. The second-order valence-electron chi connectivity index (χ2n) is 5.88. The topological polar surface area (TPSA) is 0 Å². The van der Waals surface area contributed by atoms with Gasteiger partial charge < -0.3 is 0 Å². The molecular formula is C22H25P. The molecule has 0 N–H and O–H groups in total. The van der Waals surface area contributed by atoms with E-state index in [0.29, 0.717) is 0 Å². The molecule has 0 aliphatic heterocycles. The van der Waals surface area contributed by atoms with Crippen LogP contribution in [0.1, 0.15) is 16.7 Å². The zero-order valence-electron chi connectivity index (χ0n) is 14.5. The monoisotopic (exact) mass is 320 g/mol. The first-order chi connectivity index (χ1) is 11.1. The predicted molar refractivity (Wildman–Crippen MR) is 106 cm³/mol. The molecule has 118 valence electrons. The largest absolute Gasteiger partial charge is 0.0622 e. The summed E-state index contributed by atoms with van der Waals surface area (Å²) in [4.78, 5) is 0. The van der Waals surface area contributed by atoms with E-state index in [4.69, 9.17) is 0 Å². The van der Waals surface area contributed by atoms with Crippen LogP contribution >= 0.6 is 7.92 Å². The molecule has 0 fully saturated rings. The van der Waals surface area contributed by atoms with Gasteiger partial charge in [-0.15, -0.1) is 0 Å². The molecule has 0 unspecified atom stereocenters. The van der Waals surface area contributed by atoms with Crippen molar-refractivity contribution in [2.75, 3.05) is 6.66 Å². The fraction of sp³-hybridized carbons (Fsp3) is 0.182. The molecule has 23 heavy (non-hydrogen) atoms. The van der Waals surface area contributed by atoms with Gasteiger partial charge in [0.15, 0.2) is 0 Å². The van der Waals surface area contributed by atoms with E-state index >= 15 is 0 Å². The standard InChI is InChI=1S/C15H17P.C7H8/c1-12-4-8-14(9-5-12)16(3)15-10-6-13(2)7-11-15;1-7-5-3-2-4-6-7/h4-11H,1-3H3;2-6H,1H3. The Morgan fingerprint density at radius 1 is 0.478 bits per heavy atom. The van der Waals surface area contributed by atoms with Gasteiger partial charge in [0.1, 0.15) is 0 Å². The van der Waals surface area contributed by atoms with Crippen LogP contribution in [-0.4, -0.2) is 6.66 Å². The number of aryl methyl sites for hydroxylation is 3.